The minimum Gasteiger partial charge on any atom is -0.496 e. The number of carbonyl (C=O) groups excluding carboxylic acids is 2. The second-order valence-corrected chi connectivity index (χ2v) is 3.48. The van der Waals surface area contributed by atoms with Gasteiger partial charge >= 0.3 is 0 Å². The molecule has 1 rings (SSSR count). The lowest BCUT2D eigenvalue weighted by atomic mass is 10.1. The molecule has 0 heterocycles. The fraction of sp³-hybridized carbons (Fsp3) is 0.333. The summed E-state index contributed by atoms with van der Waals surface area (Å²) in [6.07, 6.45) is 0. The summed E-state index contributed by atoms with van der Waals surface area (Å²) in [5.41, 5.74) is 1.21. The van der Waals surface area contributed by atoms with Crippen molar-refractivity contribution in [1.82, 2.24) is 0 Å². The van der Waals surface area contributed by atoms with Crippen molar-refractivity contribution >= 4 is 17.4 Å². The summed E-state index contributed by atoms with van der Waals surface area (Å²) in [6.45, 7) is 3.01. The van der Waals surface area contributed by atoms with E-state index in [-0.39, 0.29) is 0 Å². The number of ether oxygens (including phenoxy) is 2. The molecular weight excluding hydrogens is 222 g/mol. The molecule has 0 unspecified atom stereocenters. The first kappa shape index (κ1) is 13.0. The average Bonchev–Trinajstić information content (AvgIpc) is 2.29. The molecule has 92 valence electrons. The van der Waals surface area contributed by atoms with Crippen LogP contribution in [0.25, 0.3) is 0 Å². The van der Waals surface area contributed by atoms with Gasteiger partial charge in [0.05, 0.1) is 19.9 Å². The summed E-state index contributed by atoms with van der Waals surface area (Å²) in [4.78, 5) is 22.2. The van der Waals surface area contributed by atoms with Crippen LogP contribution in [0.4, 0.5) is 5.69 Å². The van der Waals surface area contributed by atoms with Crippen molar-refractivity contribution in [1.29, 1.82) is 0 Å². The number of benzene rings is 1. The van der Waals surface area contributed by atoms with E-state index in [9.17, 15) is 9.59 Å². The van der Waals surface area contributed by atoms with E-state index in [0.29, 0.717) is 17.2 Å². The number of hydrogen-bond donors (Lipinski definition) is 1. The van der Waals surface area contributed by atoms with Crippen LogP contribution in [-0.2, 0) is 9.59 Å². The van der Waals surface area contributed by atoms with Crippen LogP contribution < -0.4 is 14.8 Å². The number of ketones is 1. The molecule has 0 saturated carbocycles. The molecule has 17 heavy (non-hydrogen) atoms. The number of methoxy groups -OCH3 is 2. The summed E-state index contributed by atoms with van der Waals surface area (Å²) in [6, 6.07) is 3.33. The average molecular weight is 237 g/mol. The Kier molecular flexibility index (Phi) is 4.09. The Bertz CT molecular complexity index is 454. The van der Waals surface area contributed by atoms with Crippen LogP contribution in [0, 0.1) is 6.92 Å². The van der Waals surface area contributed by atoms with Crippen molar-refractivity contribution in [2.45, 2.75) is 13.8 Å². The zero-order valence-electron chi connectivity index (χ0n) is 10.3. The van der Waals surface area contributed by atoms with Gasteiger partial charge in [-0.25, -0.2) is 0 Å². The van der Waals surface area contributed by atoms with E-state index >= 15 is 0 Å². The molecule has 0 saturated heterocycles. The molecule has 0 fully saturated rings. The molecule has 5 heteroatoms. The zero-order valence-corrected chi connectivity index (χ0v) is 10.3. The van der Waals surface area contributed by atoms with Crippen molar-refractivity contribution < 1.29 is 19.1 Å². The SMILES string of the molecule is COc1ccc(NC(=O)C(C)=O)c(OC)c1C. The molecule has 0 aliphatic carbocycles. The Hall–Kier alpha value is -2.04. The van der Waals surface area contributed by atoms with Gasteiger partial charge < -0.3 is 14.8 Å². The van der Waals surface area contributed by atoms with E-state index in [1.165, 1.54) is 14.0 Å². The van der Waals surface area contributed by atoms with Crippen molar-refractivity contribution in [2.75, 3.05) is 19.5 Å². The largest absolute Gasteiger partial charge is 0.496 e. The van der Waals surface area contributed by atoms with Crippen LogP contribution in [0.2, 0.25) is 0 Å². The van der Waals surface area contributed by atoms with Gasteiger partial charge in [-0.15, -0.1) is 0 Å². The lowest BCUT2D eigenvalue weighted by Gasteiger charge is -2.14. The first-order chi connectivity index (χ1) is 8.01. The second kappa shape index (κ2) is 5.34. The fourth-order valence-electron chi connectivity index (χ4n) is 1.47. The van der Waals surface area contributed by atoms with E-state index in [0.717, 1.165) is 5.56 Å². The van der Waals surface area contributed by atoms with Crippen molar-refractivity contribution in [3.8, 4) is 11.5 Å². The molecular formula is C12H15NO4. The summed E-state index contributed by atoms with van der Waals surface area (Å²) < 4.78 is 10.3. The van der Waals surface area contributed by atoms with Gasteiger partial charge in [0, 0.05) is 12.5 Å². The first-order valence-corrected chi connectivity index (χ1v) is 5.04. The molecule has 1 aromatic carbocycles. The van der Waals surface area contributed by atoms with Crippen molar-refractivity contribution in [3.05, 3.63) is 17.7 Å². The van der Waals surface area contributed by atoms with Gasteiger partial charge in [0.1, 0.15) is 11.5 Å². The molecule has 1 N–H and O–H groups in total. The molecule has 0 aliphatic heterocycles. The minimum atomic E-state index is -0.673. The lowest BCUT2D eigenvalue weighted by molar-refractivity contribution is -0.133. The highest BCUT2D eigenvalue weighted by atomic mass is 16.5. The Morgan fingerprint density at radius 2 is 1.82 bits per heavy atom. The van der Waals surface area contributed by atoms with Crippen LogP contribution in [0.3, 0.4) is 0 Å². The van der Waals surface area contributed by atoms with E-state index in [2.05, 4.69) is 5.32 Å². The number of Topliss-reactive ketones (excluding diaryl/α,β-unsaturated/α-hetero) is 1. The molecule has 5 nitrogen and oxygen atoms in total. The molecule has 1 aromatic rings. The van der Waals surface area contributed by atoms with E-state index in [4.69, 9.17) is 9.47 Å². The number of hydrogen-bond acceptors (Lipinski definition) is 4. The van der Waals surface area contributed by atoms with E-state index in [1.807, 2.05) is 0 Å². The Morgan fingerprint density at radius 3 is 2.29 bits per heavy atom. The fourth-order valence-corrected chi connectivity index (χ4v) is 1.47. The van der Waals surface area contributed by atoms with E-state index in [1.54, 1.807) is 26.2 Å². The molecule has 1 amide bonds. The molecule has 0 spiro atoms. The van der Waals surface area contributed by atoms with Crippen LogP contribution in [0.1, 0.15) is 12.5 Å². The topological polar surface area (TPSA) is 64.6 Å². The van der Waals surface area contributed by atoms with Crippen molar-refractivity contribution in [3.63, 3.8) is 0 Å². The van der Waals surface area contributed by atoms with Crippen LogP contribution in [-0.4, -0.2) is 25.9 Å². The second-order valence-electron chi connectivity index (χ2n) is 3.48. The van der Waals surface area contributed by atoms with Gasteiger partial charge in [0.25, 0.3) is 5.91 Å². The number of amides is 1. The number of nitrogens with one attached hydrogen (secondary N) is 1. The smallest absolute Gasteiger partial charge is 0.291 e. The Balaban J connectivity index is 3.13. The highest BCUT2D eigenvalue weighted by Crippen LogP contribution is 2.34. The van der Waals surface area contributed by atoms with Gasteiger partial charge in [-0.1, -0.05) is 0 Å². The van der Waals surface area contributed by atoms with Crippen molar-refractivity contribution in [2.24, 2.45) is 0 Å². The molecule has 0 bridgehead atoms. The number of carbonyl (C=O) groups is 2. The monoisotopic (exact) mass is 237 g/mol. The molecule has 0 radical (unpaired) electrons. The summed E-state index contributed by atoms with van der Waals surface area (Å²) >= 11 is 0. The van der Waals surface area contributed by atoms with Gasteiger partial charge in [-0.3, -0.25) is 9.59 Å². The third-order valence-electron chi connectivity index (χ3n) is 2.35. The summed E-state index contributed by atoms with van der Waals surface area (Å²) in [7, 11) is 3.04. The Labute approximate surface area is 99.7 Å². The third kappa shape index (κ3) is 2.75. The minimum absolute atomic E-state index is 0.450. The first-order valence-electron chi connectivity index (χ1n) is 5.04. The van der Waals surface area contributed by atoms with Crippen LogP contribution in [0.5, 0.6) is 11.5 Å². The maximum atomic E-state index is 11.3. The van der Waals surface area contributed by atoms with Gasteiger partial charge in [0.15, 0.2) is 0 Å². The predicted octanol–water partition coefficient (Wildman–Crippen LogP) is 1.54. The van der Waals surface area contributed by atoms with Gasteiger partial charge in [-0.2, -0.15) is 0 Å². The van der Waals surface area contributed by atoms with Gasteiger partial charge in [0.2, 0.25) is 5.78 Å². The maximum absolute atomic E-state index is 11.3. The highest BCUT2D eigenvalue weighted by Gasteiger charge is 2.15. The standard InChI is InChI=1S/C12H15NO4/c1-7-10(16-3)6-5-9(11(7)17-4)13-12(15)8(2)14/h5-6H,1-4H3,(H,13,15). The van der Waals surface area contributed by atoms with Gasteiger partial charge in [-0.05, 0) is 19.1 Å². The van der Waals surface area contributed by atoms with E-state index < -0.39 is 11.7 Å². The molecule has 0 aromatic heterocycles. The number of anilines is 1. The third-order valence-corrected chi connectivity index (χ3v) is 2.35. The Morgan fingerprint density at radius 1 is 1.18 bits per heavy atom. The summed E-state index contributed by atoms with van der Waals surface area (Å²) in [5.74, 6) is -0.0879. The van der Waals surface area contributed by atoms with Crippen LogP contribution >= 0.6 is 0 Å². The lowest BCUT2D eigenvalue weighted by Crippen LogP contribution is -2.20. The molecule has 0 atom stereocenters. The maximum Gasteiger partial charge on any atom is 0.291 e. The highest BCUT2D eigenvalue weighted by molar-refractivity contribution is 6.39. The normalized spacial score (nSPS) is 9.65. The quantitative estimate of drug-likeness (QED) is 0.807. The number of rotatable bonds is 4. The van der Waals surface area contributed by atoms with Crippen LogP contribution in [0.15, 0.2) is 12.1 Å². The zero-order chi connectivity index (χ0) is 13.0. The predicted molar refractivity (Wildman–Crippen MR) is 63.6 cm³/mol. The summed E-state index contributed by atoms with van der Waals surface area (Å²) in [5, 5.41) is 2.48. The molecule has 0 aliphatic rings.